The van der Waals surface area contributed by atoms with E-state index in [1.54, 1.807) is 0 Å². The Morgan fingerprint density at radius 1 is 0.340 bits per heavy atom. The van der Waals surface area contributed by atoms with Crippen LogP contribution in [0.25, 0.3) is 78.1 Å². The molecule has 0 N–H and O–H groups in total. The topological polar surface area (TPSA) is 35.0 Å². The van der Waals surface area contributed by atoms with E-state index in [-0.39, 0.29) is 0 Å². The van der Waals surface area contributed by atoms with Gasteiger partial charge in [0, 0.05) is 27.6 Å². The molecule has 0 amide bonds. The maximum Gasteiger partial charge on any atom is 0.160 e. The molecule has 9 rings (SSSR count). The summed E-state index contributed by atoms with van der Waals surface area (Å²) in [6.45, 7) is 0. The third-order valence-corrected chi connectivity index (χ3v) is 8.92. The summed E-state index contributed by atoms with van der Waals surface area (Å²) < 4.78 is 6.37. The molecule has 1 aromatic heterocycles. The zero-order valence-corrected chi connectivity index (χ0v) is 25.5. The third kappa shape index (κ3) is 4.95. The molecular weight excluding hydrogens is 572 g/mol. The minimum Gasteiger partial charge on any atom is -0.456 e. The van der Waals surface area contributed by atoms with Gasteiger partial charge in [0.1, 0.15) is 11.5 Å². The van der Waals surface area contributed by atoms with E-state index in [0.717, 1.165) is 56.1 Å². The van der Waals surface area contributed by atoms with Gasteiger partial charge >= 0.3 is 0 Å². The Balaban J connectivity index is 1.11. The fourth-order valence-electron chi connectivity index (χ4n) is 6.50. The monoisotopic (exact) mass is 600 g/mol. The van der Waals surface area contributed by atoms with Crippen molar-refractivity contribution in [2.45, 2.75) is 0 Å². The molecule has 0 radical (unpaired) electrons. The van der Waals surface area contributed by atoms with E-state index >= 15 is 0 Å². The molecule has 2 heterocycles. The van der Waals surface area contributed by atoms with Crippen LogP contribution in [0.15, 0.2) is 170 Å². The molecule has 0 bridgehead atoms. The largest absolute Gasteiger partial charge is 0.456 e. The molecule has 3 nitrogen and oxygen atoms in total. The summed E-state index contributed by atoms with van der Waals surface area (Å²) >= 11 is 0. The fourth-order valence-corrected chi connectivity index (χ4v) is 6.50. The lowest BCUT2D eigenvalue weighted by Crippen LogP contribution is -1.99. The third-order valence-electron chi connectivity index (χ3n) is 8.92. The van der Waals surface area contributed by atoms with Crippen LogP contribution in [0.4, 0.5) is 0 Å². The first-order chi connectivity index (χ1) is 23.3. The number of hydrogen-bond acceptors (Lipinski definition) is 3. The van der Waals surface area contributed by atoms with E-state index < -0.39 is 0 Å². The van der Waals surface area contributed by atoms with Gasteiger partial charge in [-0.3, -0.25) is 0 Å². The van der Waals surface area contributed by atoms with Crippen molar-refractivity contribution in [2.75, 3.05) is 0 Å². The molecule has 0 atom stereocenters. The Kier molecular flexibility index (Phi) is 6.46. The normalized spacial score (nSPS) is 11.6. The first kappa shape index (κ1) is 27.0. The van der Waals surface area contributed by atoms with Crippen LogP contribution in [0.1, 0.15) is 0 Å². The SMILES string of the molecule is c1ccc(-c2ccc(-c3ccc(-c4cc(-c5ccc6c(c5)-c5cccc7cccc(c57)O6)nc(-c5ccccc5)n4)cc3)cc2)cc1. The van der Waals surface area contributed by atoms with Crippen molar-refractivity contribution in [1.82, 2.24) is 9.97 Å². The molecule has 220 valence electrons. The van der Waals surface area contributed by atoms with Crippen molar-refractivity contribution in [2.24, 2.45) is 0 Å². The first-order valence-corrected chi connectivity index (χ1v) is 15.8. The van der Waals surface area contributed by atoms with E-state index in [1.165, 1.54) is 27.6 Å². The Hall–Kier alpha value is -6.32. The summed E-state index contributed by atoms with van der Waals surface area (Å²) in [5, 5.41) is 2.31. The van der Waals surface area contributed by atoms with Crippen LogP contribution in [0.5, 0.6) is 11.5 Å². The van der Waals surface area contributed by atoms with Gasteiger partial charge in [-0.1, -0.05) is 140 Å². The number of benzene rings is 7. The lowest BCUT2D eigenvalue weighted by molar-refractivity contribution is 0.487. The average Bonchev–Trinajstić information content (AvgIpc) is 3.16. The van der Waals surface area contributed by atoms with E-state index in [9.17, 15) is 0 Å². The van der Waals surface area contributed by atoms with Gasteiger partial charge in [0.25, 0.3) is 0 Å². The number of aromatic nitrogens is 2. The van der Waals surface area contributed by atoms with Crippen LogP contribution in [-0.2, 0) is 0 Å². The van der Waals surface area contributed by atoms with Crippen molar-refractivity contribution in [3.63, 3.8) is 0 Å². The smallest absolute Gasteiger partial charge is 0.160 e. The lowest BCUT2D eigenvalue weighted by atomic mass is 9.93. The van der Waals surface area contributed by atoms with Crippen molar-refractivity contribution in [3.05, 3.63) is 170 Å². The van der Waals surface area contributed by atoms with Crippen molar-refractivity contribution in [1.29, 1.82) is 0 Å². The predicted molar refractivity (Wildman–Crippen MR) is 192 cm³/mol. The van der Waals surface area contributed by atoms with E-state index in [1.807, 2.05) is 36.4 Å². The molecule has 0 aliphatic carbocycles. The minimum atomic E-state index is 0.695. The van der Waals surface area contributed by atoms with Crippen LogP contribution in [0.2, 0.25) is 0 Å². The van der Waals surface area contributed by atoms with Gasteiger partial charge in [-0.25, -0.2) is 9.97 Å². The molecule has 0 fully saturated rings. The van der Waals surface area contributed by atoms with E-state index in [4.69, 9.17) is 14.7 Å². The summed E-state index contributed by atoms with van der Waals surface area (Å²) in [6.07, 6.45) is 0. The quantitative estimate of drug-likeness (QED) is 0.197. The van der Waals surface area contributed by atoms with Crippen LogP contribution in [0.3, 0.4) is 0 Å². The molecule has 1 aliphatic rings. The zero-order valence-electron chi connectivity index (χ0n) is 25.5. The number of nitrogens with zero attached hydrogens (tertiary/aromatic N) is 2. The van der Waals surface area contributed by atoms with Crippen molar-refractivity contribution in [3.8, 4) is 78.8 Å². The minimum absolute atomic E-state index is 0.695. The molecule has 3 heteroatoms. The molecule has 8 aromatic rings. The molecule has 1 aliphatic heterocycles. The van der Waals surface area contributed by atoms with E-state index in [2.05, 4.69) is 133 Å². The van der Waals surface area contributed by atoms with Gasteiger partial charge in [-0.05, 0) is 63.5 Å². The predicted octanol–water partition coefficient (Wildman–Crippen LogP) is 11.7. The summed E-state index contributed by atoms with van der Waals surface area (Å²) in [6, 6.07) is 59.1. The van der Waals surface area contributed by atoms with Gasteiger partial charge in [-0.2, -0.15) is 0 Å². The molecule has 0 saturated carbocycles. The number of fused-ring (bicyclic) bond motifs is 2. The standard InChI is InChI=1S/C44H28N2O/c1-3-9-29(10-4-1)30-17-19-31(20-18-30)32-21-23-33(24-22-32)39-28-40(46-44(45-39)35-11-5-2-6-12-35)36-25-26-41-38(27-36)37-15-7-13-34-14-8-16-42(47-41)43(34)37/h1-28H. The highest BCUT2D eigenvalue weighted by Gasteiger charge is 2.21. The average molecular weight is 601 g/mol. The molecule has 0 unspecified atom stereocenters. The van der Waals surface area contributed by atoms with Crippen molar-refractivity contribution >= 4 is 10.8 Å². The summed E-state index contributed by atoms with van der Waals surface area (Å²) in [5.41, 5.74) is 11.8. The molecule has 0 saturated heterocycles. The van der Waals surface area contributed by atoms with Gasteiger partial charge in [0.2, 0.25) is 0 Å². The Bertz CT molecular complexity index is 2390. The first-order valence-electron chi connectivity index (χ1n) is 15.8. The molecule has 7 aromatic carbocycles. The van der Waals surface area contributed by atoms with Gasteiger partial charge in [0.05, 0.1) is 11.4 Å². The highest BCUT2D eigenvalue weighted by atomic mass is 16.5. The summed E-state index contributed by atoms with van der Waals surface area (Å²) in [7, 11) is 0. The van der Waals surface area contributed by atoms with Crippen LogP contribution >= 0.6 is 0 Å². The zero-order chi connectivity index (χ0) is 31.2. The number of ether oxygens (including phenoxy) is 1. The summed E-state index contributed by atoms with van der Waals surface area (Å²) in [5.74, 6) is 2.44. The van der Waals surface area contributed by atoms with Crippen LogP contribution in [-0.4, -0.2) is 9.97 Å². The molecule has 47 heavy (non-hydrogen) atoms. The van der Waals surface area contributed by atoms with Crippen molar-refractivity contribution < 1.29 is 4.74 Å². The summed E-state index contributed by atoms with van der Waals surface area (Å²) in [4.78, 5) is 10.1. The van der Waals surface area contributed by atoms with Gasteiger partial charge in [-0.15, -0.1) is 0 Å². The molecule has 0 spiro atoms. The van der Waals surface area contributed by atoms with Crippen LogP contribution < -0.4 is 4.74 Å². The second-order valence-corrected chi connectivity index (χ2v) is 11.8. The second kappa shape index (κ2) is 11.2. The van der Waals surface area contributed by atoms with E-state index in [0.29, 0.717) is 5.82 Å². The highest BCUT2D eigenvalue weighted by Crippen LogP contribution is 2.47. The maximum absolute atomic E-state index is 6.37. The Labute approximate surface area is 273 Å². The Morgan fingerprint density at radius 3 is 1.53 bits per heavy atom. The number of hydrogen-bond donors (Lipinski definition) is 0. The lowest BCUT2D eigenvalue weighted by Gasteiger charge is -2.22. The highest BCUT2D eigenvalue weighted by molar-refractivity contribution is 6.04. The van der Waals surface area contributed by atoms with Gasteiger partial charge in [0.15, 0.2) is 5.82 Å². The maximum atomic E-state index is 6.37. The fraction of sp³-hybridized carbons (Fsp3) is 0. The second-order valence-electron chi connectivity index (χ2n) is 11.8. The van der Waals surface area contributed by atoms with Crippen LogP contribution in [0, 0.1) is 0 Å². The molecular formula is C44H28N2O. The number of rotatable bonds is 5. The Morgan fingerprint density at radius 2 is 0.872 bits per heavy atom. The van der Waals surface area contributed by atoms with Gasteiger partial charge < -0.3 is 4.74 Å².